The van der Waals surface area contributed by atoms with E-state index in [4.69, 9.17) is 4.74 Å². The van der Waals surface area contributed by atoms with Crippen LogP contribution in [-0.2, 0) is 11.8 Å². The monoisotopic (exact) mass is 383 g/mol. The molecule has 2 aromatic rings. The normalized spacial score (nSPS) is 17.5. The number of aryl methyl sites for hydroxylation is 1. The number of hydrogen-bond acceptors (Lipinski definition) is 6. The van der Waals surface area contributed by atoms with E-state index in [1.54, 1.807) is 30.1 Å². The Kier molecular flexibility index (Phi) is 5.02. The number of aromatic nitrogens is 2. The maximum Gasteiger partial charge on any atom is 0.410 e. The highest BCUT2D eigenvalue weighted by atomic mass is 16.6. The van der Waals surface area contributed by atoms with Crippen LogP contribution in [0.25, 0.3) is 11.0 Å². The van der Waals surface area contributed by atoms with Crippen molar-refractivity contribution in [3.05, 3.63) is 34.2 Å². The lowest BCUT2D eigenvalue weighted by atomic mass is 10.1. The highest BCUT2D eigenvalue weighted by molar-refractivity contribution is 5.89. The smallest absolute Gasteiger partial charge is 0.410 e. The van der Waals surface area contributed by atoms with Gasteiger partial charge in [-0.05, 0) is 39.8 Å². The van der Waals surface area contributed by atoms with Crippen LogP contribution in [-0.4, -0.2) is 51.8 Å². The van der Waals surface area contributed by atoms with E-state index in [9.17, 15) is 14.9 Å². The second-order valence-corrected chi connectivity index (χ2v) is 8.07. The molecule has 148 valence electrons. The number of nitrogens with zero attached hydrogens (tertiary/aromatic N) is 5. The Balaban J connectivity index is 1.94. The number of anilines is 1. The Morgan fingerprint density at radius 1 is 1.32 bits per heavy atom. The summed E-state index contributed by atoms with van der Waals surface area (Å²) in [6, 6.07) is 6.92. The zero-order valence-electron chi connectivity index (χ0n) is 16.9. The molecule has 0 radical (unpaired) electrons. The second kappa shape index (κ2) is 7.15. The van der Waals surface area contributed by atoms with Crippen LogP contribution in [0.15, 0.2) is 23.0 Å². The number of hydrogen-bond donors (Lipinski definition) is 0. The molecule has 1 aliphatic rings. The van der Waals surface area contributed by atoms with Crippen LogP contribution in [0.3, 0.4) is 0 Å². The molecule has 1 amide bonds. The maximum absolute atomic E-state index is 12.4. The number of pyridine rings is 2. The number of carbonyl (C=O) groups is 1. The molecule has 3 rings (SSSR count). The van der Waals surface area contributed by atoms with E-state index in [0.717, 1.165) is 0 Å². The first-order valence-corrected chi connectivity index (χ1v) is 9.26. The Morgan fingerprint density at radius 2 is 2.04 bits per heavy atom. The van der Waals surface area contributed by atoms with Gasteiger partial charge in [-0.2, -0.15) is 5.26 Å². The molecule has 8 nitrogen and oxygen atoms in total. The van der Waals surface area contributed by atoms with Crippen molar-refractivity contribution in [2.75, 3.05) is 24.5 Å². The van der Waals surface area contributed by atoms with Crippen molar-refractivity contribution >= 4 is 22.8 Å². The van der Waals surface area contributed by atoms with Gasteiger partial charge in [0.25, 0.3) is 5.56 Å². The lowest BCUT2D eigenvalue weighted by Gasteiger charge is -2.41. The number of piperazine rings is 1. The summed E-state index contributed by atoms with van der Waals surface area (Å²) in [6.07, 6.45) is -0.335. The number of nitriles is 1. The van der Waals surface area contributed by atoms with Crippen molar-refractivity contribution in [3.63, 3.8) is 0 Å². The minimum absolute atomic E-state index is 0.0379. The van der Waals surface area contributed by atoms with Crippen molar-refractivity contribution < 1.29 is 9.53 Å². The summed E-state index contributed by atoms with van der Waals surface area (Å²) in [6.45, 7) is 9.02. The summed E-state index contributed by atoms with van der Waals surface area (Å²) < 4.78 is 6.99. The molecule has 0 unspecified atom stereocenters. The highest BCUT2D eigenvalue weighted by Crippen LogP contribution is 2.27. The van der Waals surface area contributed by atoms with Crippen LogP contribution in [0.1, 0.15) is 33.4 Å². The zero-order chi connectivity index (χ0) is 20.6. The first kappa shape index (κ1) is 19.7. The first-order chi connectivity index (χ1) is 13.1. The van der Waals surface area contributed by atoms with Gasteiger partial charge in [-0.25, -0.2) is 9.78 Å². The highest BCUT2D eigenvalue weighted by Gasteiger charge is 2.31. The standard InChI is InChI=1S/C20H25N5O3/c1-13-12-24(19(27)28-20(2,3)4)8-9-25(13)16-10-17(26)23(5)15-7-6-14(11-21)22-18(15)16/h6-7,10,13H,8-9,12H2,1-5H3/t13-/m1/s1. The number of ether oxygens (including phenoxy) is 1. The van der Waals surface area contributed by atoms with E-state index >= 15 is 0 Å². The minimum atomic E-state index is -0.545. The molecular weight excluding hydrogens is 358 g/mol. The summed E-state index contributed by atoms with van der Waals surface area (Å²) in [5, 5.41) is 9.21. The van der Waals surface area contributed by atoms with Gasteiger partial charge >= 0.3 is 6.09 Å². The number of carbonyl (C=O) groups excluding carboxylic acids is 1. The van der Waals surface area contributed by atoms with E-state index in [2.05, 4.69) is 16.0 Å². The molecule has 0 N–H and O–H groups in total. The van der Waals surface area contributed by atoms with Gasteiger partial charge in [0, 0.05) is 38.8 Å². The van der Waals surface area contributed by atoms with Crippen LogP contribution in [0.4, 0.5) is 10.5 Å². The summed E-state index contributed by atoms with van der Waals surface area (Å²) >= 11 is 0. The lowest BCUT2D eigenvalue weighted by Crippen LogP contribution is -2.54. The molecule has 1 saturated heterocycles. The largest absolute Gasteiger partial charge is 0.444 e. The van der Waals surface area contributed by atoms with Crippen LogP contribution >= 0.6 is 0 Å². The van der Waals surface area contributed by atoms with E-state index in [1.807, 2.05) is 27.7 Å². The van der Waals surface area contributed by atoms with Crippen molar-refractivity contribution in [1.29, 1.82) is 5.26 Å². The maximum atomic E-state index is 12.4. The topological polar surface area (TPSA) is 91.5 Å². The van der Waals surface area contributed by atoms with Gasteiger partial charge in [0.1, 0.15) is 22.9 Å². The molecule has 0 spiro atoms. The average Bonchev–Trinajstić information content (AvgIpc) is 2.63. The molecule has 0 saturated carbocycles. The molecule has 3 heterocycles. The number of rotatable bonds is 1. The Morgan fingerprint density at radius 3 is 2.64 bits per heavy atom. The Bertz CT molecular complexity index is 1020. The van der Waals surface area contributed by atoms with Crippen LogP contribution in [0, 0.1) is 11.3 Å². The van der Waals surface area contributed by atoms with Gasteiger partial charge < -0.3 is 19.1 Å². The molecule has 0 aliphatic carbocycles. The van der Waals surface area contributed by atoms with Gasteiger partial charge in [0.2, 0.25) is 0 Å². The second-order valence-electron chi connectivity index (χ2n) is 8.07. The van der Waals surface area contributed by atoms with E-state index in [0.29, 0.717) is 42.0 Å². The summed E-state index contributed by atoms with van der Waals surface area (Å²) in [7, 11) is 1.69. The van der Waals surface area contributed by atoms with Crippen molar-refractivity contribution in [1.82, 2.24) is 14.5 Å². The van der Waals surface area contributed by atoms with Gasteiger partial charge in [-0.1, -0.05) is 0 Å². The van der Waals surface area contributed by atoms with Crippen LogP contribution in [0.2, 0.25) is 0 Å². The Labute approximate surface area is 163 Å². The van der Waals surface area contributed by atoms with Crippen molar-refractivity contribution in [2.45, 2.75) is 39.3 Å². The van der Waals surface area contributed by atoms with E-state index in [-0.39, 0.29) is 17.7 Å². The van der Waals surface area contributed by atoms with Gasteiger partial charge in [-0.15, -0.1) is 0 Å². The fourth-order valence-electron chi connectivity index (χ4n) is 3.40. The fourth-order valence-corrected chi connectivity index (χ4v) is 3.40. The molecule has 0 bridgehead atoms. The molecule has 1 fully saturated rings. The number of amides is 1. The molecule has 0 aromatic carbocycles. The predicted octanol–water partition coefficient (Wildman–Crippen LogP) is 2.25. The minimum Gasteiger partial charge on any atom is -0.444 e. The van der Waals surface area contributed by atoms with Gasteiger partial charge in [0.05, 0.1) is 11.2 Å². The quantitative estimate of drug-likeness (QED) is 0.750. The third-order valence-electron chi connectivity index (χ3n) is 4.77. The van der Waals surface area contributed by atoms with Crippen LogP contribution in [0.5, 0.6) is 0 Å². The molecular formula is C20H25N5O3. The SMILES string of the molecule is C[C@@H]1CN(C(=O)OC(C)(C)C)CCN1c1cc(=O)n(C)c2ccc(C#N)nc12. The summed E-state index contributed by atoms with van der Waals surface area (Å²) in [5.41, 5.74) is 1.58. The molecule has 1 atom stereocenters. The van der Waals surface area contributed by atoms with Crippen molar-refractivity contribution in [2.24, 2.45) is 7.05 Å². The molecule has 8 heteroatoms. The summed E-state index contributed by atoms with van der Waals surface area (Å²) in [4.78, 5) is 33.0. The Hall–Kier alpha value is -3.08. The average molecular weight is 383 g/mol. The molecule has 28 heavy (non-hydrogen) atoms. The van der Waals surface area contributed by atoms with Crippen molar-refractivity contribution in [3.8, 4) is 6.07 Å². The van der Waals surface area contributed by atoms with E-state index in [1.165, 1.54) is 4.57 Å². The predicted molar refractivity (Wildman–Crippen MR) is 106 cm³/mol. The zero-order valence-corrected chi connectivity index (χ0v) is 16.9. The third kappa shape index (κ3) is 3.79. The van der Waals surface area contributed by atoms with Crippen LogP contribution < -0.4 is 10.5 Å². The van der Waals surface area contributed by atoms with Gasteiger partial charge in [0.15, 0.2) is 0 Å². The fraction of sp³-hybridized carbons (Fsp3) is 0.500. The van der Waals surface area contributed by atoms with Gasteiger partial charge in [-0.3, -0.25) is 4.79 Å². The molecule has 1 aliphatic heterocycles. The molecule has 2 aromatic heterocycles. The first-order valence-electron chi connectivity index (χ1n) is 9.26. The van der Waals surface area contributed by atoms with E-state index < -0.39 is 5.60 Å². The number of fused-ring (bicyclic) bond motifs is 1. The lowest BCUT2D eigenvalue weighted by molar-refractivity contribution is 0.0219. The summed E-state index contributed by atoms with van der Waals surface area (Å²) in [5.74, 6) is 0. The third-order valence-corrected chi connectivity index (χ3v) is 4.77.